The summed E-state index contributed by atoms with van der Waals surface area (Å²) in [5.74, 6) is 0.180. The number of carbonyl (C=O) groups is 1. The molecule has 1 aliphatic heterocycles. The van der Waals surface area contributed by atoms with Crippen molar-refractivity contribution in [2.75, 3.05) is 11.9 Å². The largest absolute Gasteiger partial charge is 0.457 e. The first-order chi connectivity index (χ1) is 12.4. The summed E-state index contributed by atoms with van der Waals surface area (Å²) in [6, 6.07) is 11.0. The van der Waals surface area contributed by atoms with Gasteiger partial charge in [-0.3, -0.25) is 4.90 Å². The minimum Gasteiger partial charge on any atom is -0.457 e. The van der Waals surface area contributed by atoms with Crippen molar-refractivity contribution in [2.24, 2.45) is 0 Å². The zero-order valence-electron chi connectivity index (χ0n) is 14.9. The second-order valence-electron chi connectivity index (χ2n) is 6.20. The van der Waals surface area contributed by atoms with Gasteiger partial charge >= 0.3 is 6.09 Å². The molecule has 0 atom stereocenters. The fourth-order valence-electron chi connectivity index (χ4n) is 3.22. The third-order valence-corrected chi connectivity index (χ3v) is 4.76. The predicted octanol–water partition coefficient (Wildman–Crippen LogP) is 5.09. The number of benzene rings is 2. The molecule has 0 unspecified atom stereocenters. The Bertz CT molecular complexity index is 900. The Morgan fingerprint density at radius 3 is 2.58 bits per heavy atom. The number of fused-ring (bicyclic) bond motifs is 1. The van der Waals surface area contributed by atoms with E-state index in [1.165, 1.54) is 17.0 Å². The lowest BCUT2D eigenvalue weighted by atomic mass is 9.85. The third-order valence-electron chi connectivity index (χ3n) is 4.76. The van der Waals surface area contributed by atoms with Crippen molar-refractivity contribution in [3.63, 3.8) is 0 Å². The number of hydrogen-bond acceptors (Lipinski definition) is 4. The minimum absolute atomic E-state index is 0.183. The Morgan fingerprint density at radius 2 is 1.92 bits per heavy atom. The highest BCUT2D eigenvalue weighted by molar-refractivity contribution is 5.91. The molecule has 6 heteroatoms. The summed E-state index contributed by atoms with van der Waals surface area (Å²) in [4.78, 5) is 13.6. The summed E-state index contributed by atoms with van der Waals surface area (Å²) >= 11 is 0. The van der Waals surface area contributed by atoms with Crippen molar-refractivity contribution < 1.29 is 18.7 Å². The molecule has 1 aliphatic rings. The molecular weight excluding hydrogens is 335 g/mol. The van der Waals surface area contributed by atoms with Crippen molar-refractivity contribution in [3.05, 3.63) is 53.3 Å². The predicted molar refractivity (Wildman–Crippen MR) is 94.8 cm³/mol. The van der Waals surface area contributed by atoms with Crippen LogP contribution in [-0.4, -0.2) is 13.1 Å². The average Bonchev–Trinajstić information content (AvgIpc) is 2.64. The fourth-order valence-corrected chi connectivity index (χ4v) is 3.22. The van der Waals surface area contributed by atoms with Gasteiger partial charge in [0.1, 0.15) is 22.9 Å². The topological polar surface area (TPSA) is 62.6 Å². The van der Waals surface area contributed by atoms with Crippen LogP contribution in [0, 0.1) is 17.1 Å². The molecule has 3 rings (SSSR count). The molecular formula is C20H19FN2O3. The Balaban J connectivity index is 2.04. The molecule has 0 radical (unpaired) electrons. The number of amides is 1. The zero-order valence-corrected chi connectivity index (χ0v) is 14.9. The van der Waals surface area contributed by atoms with E-state index in [-0.39, 0.29) is 11.3 Å². The Kier molecular flexibility index (Phi) is 4.56. The molecule has 0 aliphatic carbocycles. The van der Waals surface area contributed by atoms with Gasteiger partial charge in [-0.1, -0.05) is 13.8 Å². The van der Waals surface area contributed by atoms with Gasteiger partial charge in [0, 0.05) is 18.7 Å². The van der Waals surface area contributed by atoms with Crippen LogP contribution in [0.5, 0.6) is 11.5 Å². The molecule has 0 bridgehead atoms. The summed E-state index contributed by atoms with van der Waals surface area (Å²) in [7, 11) is 1.66. The number of nitriles is 1. The number of nitrogens with zero attached hydrogens (tertiary/aromatic N) is 2. The molecule has 2 aromatic rings. The van der Waals surface area contributed by atoms with E-state index in [1.807, 2.05) is 26.0 Å². The molecule has 0 aromatic heterocycles. The number of cyclic esters (lactones) is 1. The van der Waals surface area contributed by atoms with E-state index in [9.17, 15) is 9.18 Å². The molecule has 0 saturated heterocycles. The smallest absolute Gasteiger partial charge is 0.414 e. The minimum atomic E-state index is -0.724. The lowest BCUT2D eigenvalue weighted by Crippen LogP contribution is -2.43. The van der Waals surface area contributed by atoms with Crippen LogP contribution in [0.3, 0.4) is 0 Å². The van der Waals surface area contributed by atoms with Gasteiger partial charge in [-0.25, -0.2) is 9.18 Å². The number of ether oxygens (including phenoxy) is 2. The van der Waals surface area contributed by atoms with Crippen LogP contribution in [0.1, 0.15) is 37.8 Å². The van der Waals surface area contributed by atoms with Crippen LogP contribution in [-0.2, 0) is 10.3 Å². The highest BCUT2D eigenvalue weighted by atomic mass is 19.1. The van der Waals surface area contributed by atoms with Gasteiger partial charge in [-0.05, 0) is 43.2 Å². The first-order valence-electron chi connectivity index (χ1n) is 8.42. The van der Waals surface area contributed by atoms with Crippen LogP contribution in [0.15, 0.2) is 36.4 Å². The first kappa shape index (κ1) is 17.7. The number of anilines is 1. The first-order valence-corrected chi connectivity index (χ1v) is 8.42. The molecule has 0 fully saturated rings. The second-order valence-corrected chi connectivity index (χ2v) is 6.20. The average molecular weight is 354 g/mol. The van der Waals surface area contributed by atoms with E-state index in [0.29, 0.717) is 18.6 Å². The molecule has 1 heterocycles. The molecule has 5 nitrogen and oxygen atoms in total. The Hall–Kier alpha value is -3.07. The third kappa shape index (κ3) is 2.97. The van der Waals surface area contributed by atoms with Crippen molar-refractivity contribution in [3.8, 4) is 17.6 Å². The van der Waals surface area contributed by atoms with Crippen molar-refractivity contribution in [1.82, 2.24) is 0 Å². The summed E-state index contributed by atoms with van der Waals surface area (Å²) in [5, 5.41) is 8.97. The number of hydrogen-bond donors (Lipinski definition) is 0. The number of carbonyl (C=O) groups excluding carboxylic acids is 1. The lowest BCUT2D eigenvalue weighted by molar-refractivity contribution is -0.000362. The lowest BCUT2D eigenvalue weighted by Gasteiger charge is -2.40. The summed E-state index contributed by atoms with van der Waals surface area (Å²) < 4.78 is 25.1. The second kappa shape index (κ2) is 6.68. The van der Waals surface area contributed by atoms with Gasteiger partial charge in [0.15, 0.2) is 0 Å². The van der Waals surface area contributed by atoms with Crippen molar-refractivity contribution in [2.45, 2.75) is 32.3 Å². The fraction of sp³-hybridized carbons (Fsp3) is 0.300. The van der Waals surface area contributed by atoms with Gasteiger partial charge in [-0.15, -0.1) is 0 Å². The van der Waals surface area contributed by atoms with E-state index in [2.05, 4.69) is 0 Å². The van der Waals surface area contributed by atoms with Crippen LogP contribution >= 0.6 is 0 Å². The van der Waals surface area contributed by atoms with E-state index >= 15 is 0 Å². The quantitative estimate of drug-likeness (QED) is 0.767. The van der Waals surface area contributed by atoms with Gasteiger partial charge < -0.3 is 9.47 Å². The van der Waals surface area contributed by atoms with Crippen LogP contribution in [0.2, 0.25) is 0 Å². The number of rotatable bonds is 4. The van der Waals surface area contributed by atoms with Crippen molar-refractivity contribution >= 4 is 11.8 Å². The van der Waals surface area contributed by atoms with Crippen LogP contribution < -0.4 is 9.64 Å². The Morgan fingerprint density at radius 1 is 1.19 bits per heavy atom. The summed E-state index contributed by atoms with van der Waals surface area (Å²) in [6.07, 6.45) is 0.856. The molecule has 0 spiro atoms. The van der Waals surface area contributed by atoms with Gasteiger partial charge in [0.25, 0.3) is 0 Å². The number of halogens is 1. The van der Waals surface area contributed by atoms with Gasteiger partial charge in [0.2, 0.25) is 0 Å². The molecule has 134 valence electrons. The maximum absolute atomic E-state index is 13.6. The SMILES string of the molecule is CCC1(CC)OC(=O)N(C)c2ccc(Oc3cc(F)cc(C#N)c3)cc21. The normalized spacial score (nSPS) is 15.0. The van der Waals surface area contributed by atoms with E-state index in [1.54, 1.807) is 19.2 Å². The maximum Gasteiger partial charge on any atom is 0.414 e. The van der Waals surface area contributed by atoms with E-state index < -0.39 is 17.5 Å². The highest BCUT2D eigenvalue weighted by Crippen LogP contribution is 2.45. The molecule has 26 heavy (non-hydrogen) atoms. The molecule has 2 aromatic carbocycles. The molecule has 1 amide bonds. The standard InChI is InChI=1S/C20H19FN2O3/c1-4-20(5-2)17-11-15(6-7-18(17)23(3)19(24)26-20)25-16-9-13(12-22)8-14(21)10-16/h6-11H,4-5H2,1-3H3. The van der Waals surface area contributed by atoms with Crippen molar-refractivity contribution in [1.29, 1.82) is 5.26 Å². The van der Waals surface area contributed by atoms with Gasteiger partial charge in [0.05, 0.1) is 17.3 Å². The monoisotopic (exact) mass is 354 g/mol. The molecule has 0 saturated carbocycles. The maximum atomic E-state index is 13.6. The zero-order chi connectivity index (χ0) is 18.9. The van der Waals surface area contributed by atoms with E-state index in [0.717, 1.165) is 17.3 Å². The molecule has 0 N–H and O–H groups in total. The van der Waals surface area contributed by atoms with Crippen LogP contribution in [0.25, 0.3) is 0 Å². The summed E-state index contributed by atoms with van der Waals surface area (Å²) in [5.41, 5.74) is 1.06. The van der Waals surface area contributed by atoms with Crippen LogP contribution in [0.4, 0.5) is 14.9 Å². The Labute approximate surface area is 151 Å². The van der Waals surface area contributed by atoms with E-state index in [4.69, 9.17) is 14.7 Å². The summed E-state index contributed by atoms with van der Waals surface area (Å²) in [6.45, 7) is 3.93. The van der Waals surface area contributed by atoms with Gasteiger partial charge in [-0.2, -0.15) is 5.26 Å². The highest BCUT2D eigenvalue weighted by Gasteiger charge is 2.41.